The smallest absolute Gasteiger partial charge is 0.408 e. The first-order chi connectivity index (χ1) is 14.1. The molecule has 0 saturated heterocycles. The third-order valence-corrected chi connectivity index (χ3v) is 4.31. The van der Waals surface area contributed by atoms with Crippen molar-refractivity contribution in [1.82, 2.24) is 5.32 Å². The standard InChI is InChI=1S/C22H23NO6/c1-3-26-21(24)18(23-22(25)27-13-16-7-5-4-6-8-16)11-15(2)17-9-10-19-20(12-17)29-14-28-19/h4-10,12,18H,2-3,11,13-14H2,1H3,(H,23,25)/t18-/m1/s1. The fourth-order valence-corrected chi connectivity index (χ4v) is 2.82. The zero-order valence-electron chi connectivity index (χ0n) is 16.2. The van der Waals surface area contributed by atoms with Crippen molar-refractivity contribution in [2.24, 2.45) is 0 Å². The van der Waals surface area contributed by atoms with E-state index in [0.717, 1.165) is 11.1 Å². The van der Waals surface area contributed by atoms with Crippen LogP contribution in [0.15, 0.2) is 55.1 Å². The quantitative estimate of drug-likeness (QED) is 0.684. The molecular formula is C22H23NO6. The Bertz CT molecular complexity index is 880. The van der Waals surface area contributed by atoms with Crippen molar-refractivity contribution in [3.8, 4) is 11.5 Å². The van der Waals surface area contributed by atoms with Gasteiger partial charge in [0.1, 0.15) is 12.6 Å². The summed E-state index contributed by atoms with van der Waals surface area (Å²) < 4.78 is 21.0. The first-order valence-electron chi connectivity index (χ1n) is 9.28. The maximum absolute atomic E-state index is 12.3. The molecule has 0 aromatic heterocycles. The zero-order valence-corrected chi connectivity index (χ0v) is 16.2. The molecule has 0 bridgehead atoms. The highest BCUT2D eigenvalue weighted by Gasteiger charge is 2.25. The molecule has 0 fully saturated rings. The van der Waals surface area contributed by atoms with Gasteiger partial charge in [-0.25, -0.2) is 9.59 Å². The van der Waals surface area contributed by atoms with Crippen LogP contribution in [0.1, 0.15) is 24.5 Å². The van der Waals surface area contributed by atoms with Crippen molar-refractivity contribution >= 4 is 17.6 Å². The lowest BCUT2D eigenvalue weighted by molar-refractivity contribution is -0.145. The van der Waals surface area contributed by atoms with Gasteiger partial charge in [-0.1, -0.05) is 43.0 Å². The number of rotatable bonds is 8. The number of benzene rings is 2. The van der Waals surface area contributed by atoms with Crippen molar-refractivity contribution in [2.75, 3.05) is 13.4 Å². The van der Waals surface area contributed by atoms with Crippen LogP contribution in [0.4, 0.5) is 4.79 Å². The van der Waals surface area contributed by atoms with Crippen molar-refractivity contribution in [3.63, 3.8) is 0 Å². The molecule has 0 unspecified atom stereocenters. The molecule has 2 aromatic carbocycles. The predicted molar refractivity (Wildman–Crippen MR) is 106 cm³/mol. The molecule has 0 saturated carbocycles. The van der Waals surface area contributed by atoms with Gasteiger partial charge in [0.05, 0.1) is 6.61 Å². The number of hydrogen-bond donors (Lipinski definition) is 1. The summed E-state index contributed by atoms with van der Waals surface area (Å²) >= 11 is 0. The van der Waals surface area contributed by atoms with Crippen LogP contribution >= 0.6 is 0 Å². The first-order valence-corrected chi connectivity index (χ1v) is 9.28. The van der Waals surface area contributed by atoms with Gasteiger partial charge >= 0.3 is 12.1 Å². The predicted octanol–water partition coefficient (Wildman–Crippen LogP) is 3.68. The Hall–Kier alpha value is -3.48. The molecule has 1 aliphatic heterocycles. The average molecular weight is 397 g/mol. The lowest BCUT2D eigenvalue weighted by atomic mass is 9.99. The van der Waals surface area contributed by atoms with E-state index in [0.29, 0.717) is 17.1 Å². The van der Waals surface area contributed by atoms with Crippen LogP contribution in [-0.4, -0.2) is 31.5 Å². The van der Waals surface area contributed by atoms with Gasteiger partial charge in [-0.3, -0.25) is 0 Å². The Balaban J connectivity index is 1.62. The number of hydrogen-bond acceptors (Lipinski definition) is 6. The maximum Gasteiger partial charge on any atom is 0.408 e. The second kappa shape index (κ2) is 9.64. The molecular weight excluding hydrogens is 374 g/mol. The Kier molecular flexibility index (Phi) is 6.73. The summed E-state index contributed by atoms with van der Waals surface area (Å²) in [4.78, 5) is 24.5. The molecule has 0 spiro atoms. The molecule has 1 atom stereocenters. The summed E-state index contributed by atoms with van der Waals surface area (Å²) in [6.45, 7) is 6.22. The first kappa shape index (κ1) is 20.3. The van der Waals surface area contributed by atoms with Crippen molar-refractivity contribution in [1.29, 1.82) is 0 Å². The molecule has 1 aliphatic rings. The molecule has 7 nitrogen and oxygen atoms in total. The Labute approximate surface area is 169 Å². The van der Waals surface area contributed by atoms with E-state index in [1.165, 1.54) is 0 Å². The van der Waals surface area contributed by atoms with E-state index < -0.39 is 18.1 Å². The van der Waals surface area contributed by atoms with E-state index in [2.05, 4.69) is 11.9 Å². The molecule has 3 rings (SSSR count). The zero-order chi connectivity index (χ0) is 20.6. The van der Waals surface area contributed by atoms with Gasteiger partial charge in [0.25, 0.3) is 0 Å². The summed E-state index contributed by atoms with van der Waals surface area (Å²) in [5, 5.41) is 2.57. The third-order valence-electron chi connectivity index (χ3n) is 4.31. The van der Waals surface area contributed by atoms with Crippen LogP contribution in [0.3, 0.4) is 0 Å². The number of esters is 1. The van der Waals surface area contributed by atoms with E-state index in [-0.39, 0.29) is 26.4 Å². The van der Waals surface area contributed by atoms with Gasteiger partial charge < -0.3 is 24.3 Å². The van der Waals surface area contributed by atoms with Gasteiger partial charge in [0, 0.05) is 6.42 Å². The highest BCUT2D eigenvalue weighted by atomic mass is 16.7. The molecule has 7 heteroatoms. The molecule has 2 aromatic rings. The number of nitrogens with one attached hydrogen (secondary N) is 1. The fraction of sp³-hybridized carbons (Fsp3) is 0.273. The molecule has 0 aliphatic carbocycles. The summed E-state index contributed by atoms with van der Waals surface area (Å²) in [6, 6.07) is 13.8. The lowest BCUT2D eigenvalue weighted by Crippen LogP contribution is -2.42. The number of ether oxygens (including phenoxy) is 4. The van der Waals surface area contributed by atoms with Crippen LogP contribution in [0, 0.1) is 0 Å². The van der Waals surface area contributed by atoms with Gasteiger partial charge in [0.15, 0.2) is 11.5 Å². The van der Waals surface area contributed by atoms with Gasteiger partial charge in [0.2, 0.25) is 6.79 Å². The second-order valence-corrected chi connectivity index (χ2v) is 6.39. The van der Waals surface area contributed by atoms with Crippen LogP contribution < -0.4 is 14.8 Å². The Morgan fingerprint density at radius 2 is 1.86 bits per heavy atom. The van der Waals surface area contributed by atoms with E-state index in [1.807, 2.05) is 36.4 Å². The van der Waals surface area contributed by atoms with Gasteiger partial charge in [-0.15, -0.1) is 0 Å². The van der Waals surface area contributed by atoms with Gasteiger partial charge in [-0.2, -0.15) is 0 Å². The van der Waals surface area contributed by atoms with Crippen molar-refractivity contribution < 1.29 is 28.5 Å². The van der Waals surface area contributed by atoms with Crippen LogP contribution in [0.25, 0.3) is 5.57 Å². The molecule has 0 radical (unpaired) electrons. The highest BCUT2D eigenvalue weighted by Crippen LogP contribution is 2.35. The number of fused-ring (bicyclic) bond motifs is 1. The summed E-state index contributed by atoms with van der Waals surface area (Å²) in [5.41, 5.74) is 2.27. The maximum atomic E-state index is 12.3. The van der Waals surface area contributed by atoms with Crippen molar-refractivity contribution in [3.05, 3.63) is 66.2 Å². The topological polar surface area (TPSA) is 83.1 Å². The summed E-state index contributed by atoms with van der Waals surface area (Å²) in [7, 11) is 0. The summed E-state index contributed by atoms with van der Waals surface area (Å²) in [6.07, 6.45) is -0.538. The average Bonchev–Trinajstić information content (AvgIpc) is 3.20. The minimum absolute atomic E-state index is 0.103. The lowest BCUT2D eigenvalue weighted by Gasteiger charge is -2.18. The van der Waals surface area contributed by atoms with Crippen LogP contribution in [-0.2, 0) is 20.9 Å². The molecule has 29 heavy (non-hydrogen) atoms. The SMILES string of the molecule is C=C(C[C@@H](NC(=O)OCc1ccccc1)C(=O)OCC)c1ccc2c(c1)OCO2. The van der Waals surface area contributed by atoms with Crippen molar-refractivity contribution in [2.45, 2.75) is 26.0 Å². The number of carbonyl (C=O) groups is 2. The van der Waals surface area contributed by atoms with E-state index in [4.69, 9.17) is 18.9 Å². The number of alkyl carbamates (subject to hydrolysis) is 1. The van der Waals surface area contributed by atoms with Crippen LogP contribution in [0.2, 0.25) is 0 Å². The fourth-order valence-electron chi connectivity index (χ4n) is 2.82. The molecule has 152 valence electrons. The number of amides is 1. The largest absolute Gasteiger partial charge is 0.464 e. The molecule has 1 amide bonds. The minimum Gasteiger partial charge on any atom is -0.464 e. The van der Waals surface area contributed by atoms with E-state index in [1.54, 1.807) is 19.1 Å². The normalized spacial score (nSPS) is 12.7. The van der Waals surface area contributed by atoms with Crippen LogP contribution in [0.5, 0.6) is 11.5 Å². The van der Waals surface area contributed by atoms with E-state index in [9.17, 15) is 9.59 Å². The summed E-state index contributed by atoms with van der Waals surface area (Å²) in [5.74, 6) is 0.726. The Morgan fingerprint density at radius 3 is 2.62 bits per heavy atom. The third kappa shape index (κ3) is 5.51. The molecule has 1 heterocycles. The molecule has 1 N–H and O–H groups in total. The Morgan fingerprint density at radius 1 is 1.10 bits per heavy atom. The monoisotopic (exact) mass is 397 g/mol. The minimum atomic E-state index is -0.920. The van der Waals surface area contributed by atoms with Gasteiger partial charge in [-0.05, 0) is 35.8 Å². The number of carbonyl (C=O) groups excluding carboxylic acids is 2. The van der Waals surface area contributed by atoms with E-state index >= 15 is 0 Å². The highest BCUT2D eigenvalue weighted by molar-refractivity contribution is 5.84. The second-order valence-electron chi connectivity index (χ2n) is 6.39.